The van der Waals surface area contributed by atoms with Gasteiger partial charge in [-0.15, -0.1) is 11.3 Å². The minimum absolute atomic E-state index is 0.124. The Kier molecular flexibility index (Phi) is 5.72. The van der Waals surface area contributed by atoms with E-state index in [2.05, 4.69) is 158 Å². The van der Waals surface area contributed by atoms with E-state index in [1.165, 1.54) is 47.8 Å². The molecule has 12 rings (SSSR count). The van der Waals surface area contributed by atoms with Crippen molar-refractivity contribution in [3.05, 3.63) is 163 Å². The first-order chi connectivity index (χ1) is 26.0. The molecule has 4 heteroatoms. The largest absolute Gasteiger partial charge is 0.456 e. The van der Waals surface area contributed by atoms with Crippen LogP contribution in [-0.4, -0.2) is 0 Å². The van der Waals surface area contributed by atoms with Crippen LogP contribution in [0.2, 0.25) is 0 Å². The molecule has 0 saturated carbocycles. The highest BCUT2D eigenvalue weighted by Crippen LogP contribution is 2.51. The molecule has 8 aromatic carbocycles. The number of fused-ring (bicyclic) bond motifs is 15. The summed E-state index contributed by atoms with van der Waals surface area (Å²) in [6.07, 6.45) is 0. The molecule has 0 radical (unpaired) electrons. The maximum Gasteiger partial charge on any atom is 0.144 e. The van der Waals surface area contributed by atoms with E-state index >= 15 is 0 Å². The van der Waals surface area contributed by atoms with Gasteiger partial charge in [0.05, 0.1) is 0 Å². The Hall–Kier alpha value is -6.36. The summed E-state index contributed by atoms with van der Waals surface area (Å²) < 4.78 is 15.8. The summed E-state index contributed by atoms with van der Waals surface area (Å²) in [6, 6.07) is 55.0. The second-order valence-electron chi connectivity index (χ2n) is 14.9. The van der Waals surface area contributed by atoms with Gasteiger partial charge in [-0.05, 0) is 94.4 Å². The summed E-state index contributed by atoms with van der Waals surface area (Å²) in [5.41, 5.74) is 12.1. The molecule has 1 aliphatic carbocycles. The quantitative estimate of drug-likeness (QED) is 0.184. The molecule has 3 heterocycles. The summed E-state index contributed by atoms with van der Waals surface area (Å²) in [5, 5.41) is 9.24. The van der Waals surface area contributed by atoms with Crippen molar-refractivity contribution >= 4 is 103 Å². The zero-order chi connectivity index (χ0) is 35.0. The minimum atomic E-state index is -0.124. The first-order valence-corrected chi connectivity index (χ1v) is 19.0. The molecule has 53 heavy (non-hydrogen) atoms. The van der Waals surface area contributed by atoms with E-state index in [1.807, 2.05) is 23.5 Å². The van der Waals surface area contributed by atoms with Crippen LogP contribution < -0.4 is 4.90 Å². The first kappa shape index (κ1) is 29.2. The lowest BCUT2D eigenvalue weighted by molar-refractivity contribution is 0.660. The lowest BCUT2D eigenvalue weighted by atomic mass is 9.82. The van der Waals surface area contributed by atoms with Gasteiger partial charge in [-0.25, -0.2) is 0 Å². The van der Waals surface area contributed by atoms with Crippen molar-refractivity contribution in [1.29, 1.82) is 0 Å². The van der Waals surface area contributed by atoms with Gasteiger partial charge in [-0.1, -0.05) is 92.7 Å². The van der Waals surface area contributed by atoms with E-state index in [1.54, 1.807) is 0 Å². The van der Waals surface area contributed by atoms with E-state index in [4.69, 9.17) is 8.83 Å². The predicted molar refractivity (Wildman–Crippen MR) is 224 cm³/mol. The second-order valence-corrected chi connectivity index (χ2v) is 16.0. The van der Waals surface area contributed by atoms with Crippen LogP contribution in [-0.2, 0) is 5.41 Å². The fraction of sp³-hybridized carbons (Fsp3) is 0.0612. The number of anilines is 3. The third kappa shape index (κ3) is 3.99. The molecule has 250 valence electrons. The highest BCUT2D eigenvalue weighted by molar-refractivity contribution is 7.26. The molecule has 3 aromatic heterocycles. The number of furan rings is 2. The van der Waals surface area contributed by atoms with Gasteiger partial charge in [0, 0.05) is 75.6 Å². The topological polar surface area (TPSA) is 29.5 Å². The van der Waals surface area contributed by atoms with Crippen molar-refractivity contribution < 1.29 is 8.83 Å². The molecule has 11 aromatic rings. The first-order valence-electron chi connectivity index (χ1n) is 18.2. The number of nitrogens with zero attached hydrogens (tertiary/aromatic N) is 1. The zero-order valence-electron chi connectivity index (χ0n) is 29.1. The molecular weight excluding hydrogens is 667 g/mol. The SMILES string of the molecule is CC1(C)c2ccccc2-c2ccc(N(c3ccc4c(c3)oc3ccccc34)c3ccc4sc5ccc6c7ccc8ccccc8c7oc6c5c4c3)cc21. The number of benzene rings is 8. The molecule has 0 saturated heterocycles. The smallest absolute Gasteiger partial charge is 0.144 e. The van der Waals surface area contributed by atoms with Crippen LogP contribution in [0.5, 0.6) is 0 Å². The summed E-state index contributed by atoms with van der Waals surface area (Å²) in [5.74, 6) is 0. The van der Waals surface area contributed by atoms with E-state index < -0.39 is 0 Å². The van der Waals surface area contributed by atoms with Crippen molar-refractivity contribution in [3.8, 4) is 11.1 Å². The van der Waals surface area contributed by atoms with Crippen molar-refractivity contribution in [3.63, 3.8) is 0 Å². The third-order valence-corrected chi connectivity index (χ3v) is 12.8. The molecule has 0 fully saturated rings. The number of thiophene rings is 1. The van der Waals surface area contributed by atoms with Crippen LogP contribution in [0, 0.1) is 0 Å². The average Bonchev–Trinajstić information content (AvgIpc) is 3.93. The summed E-state index contributed by atoms with van der Waals surface area (Å²) in [4.78, 5) is 2.39. The fourth-order valence-electron chi connectivity index (χ4n) is 9.08. The Morgan fingerprint density at radius 1 is 0.453 bits per heavy atom. The van der Waals surface area contributed by atoms with Crippen molar-refractivity contribution in [2.24, 2.45) is 0 Å². The molecule has 0 atom stereocenters. The van der Waals surface area contributed by atoms with Crippen LogP contribution >= 0.6 is 11.3 Å². The zero-order valence-corrected chi connectivity index (χ0v) is 29.9. The number of rotatable bonds is 3. The van der Waals surface area contributed by atoms with Crippen LogP contribution in [0.4, 0.5) is 17.1 Å². The highest BCUT2D eigenvalue weighted by Gasteiger charge is 2.36. The summed E-state index contributed by atoms with van der Waals surface area (Å²) in [6.45, 7) is 4.69. The van der Waals surface area contributed by atoms with Gasteiger partial charge in [0.1, 0.15) is 22.3 Å². The molecule has 0 bridgehead atoms. The Balaban J connectivity index is 1.11. The predicted octanol–water partition coefficient (Wildman–Crippen LogP) is 14.8. The molecule has 1 aliphatic rings. The Morgan fingerprint density at radius 3 is 2.06 bits per heavy atom. The normalized spacial score (nSPS) is 13.6. The minimum Gasteiger partial charge on any atom is -0.456 e. The summed E-state index contributed by atoms with van der Waals surface area (Å²) in [7, 11) is 0. The molecule has 3 nitrogen and oxygen atoms in total. The molecular formula is C49H31NO2S. The second kappa shape index (κ2) is 10.4. The standard InChI is InChI=1S/C49H31NO2S/c1-49(2)40-13-7-5-11-33(40)34-20-16-30(26-41(34)49)50(31-17-21-36-35-12-6-8-14-42(35)51-43(36)27-31)29-18-23-44-39(25-29)46-45(53-44)24-22-38-37-19-15-28-9-3-4-10-32(28)47(37)52-48(38)46/h3-27H,1-2H3. The van der Waals surface area contributed by atoms with Crippen molar-refractivity contribution in [1.82, 2.24) is 0 Å². The van der Waals surface area contributed by atoms with Crippen LogP contribution in [0.25, 0.3) is 85.9 Å². The monoisotopic (exact) mass is 697 g/mol. The van der Waals surface area contributed by atoms with Crippen LogP contribution in [0.1, 0.15) is 25.0 Å². The van der Waals surface area contributed by atoms with Crippen LogP contribution in [0.15, 0.2) is 160 Å². The van der Waals surface area contributed by atoms with Crippen molar-refractivity contribution in [2.45, 2.75) is 19.3 Å². The summed E-state index contributed by atoms with van der Waals surface area (Å²) >= 11 is 1.82. The maximum atomic E-state index is 6.88. The Labute approximate surface area is 308 Å². The molecule has 0 amide bonds. The highest BCUT2D eigenvalue weighted by atomic mass is 32.1. The number of hydrogen-bond acceptors (Lipinski definition) is 4. The number of para-hydroxylation sites is 1. The lowest BCUT2D eigenvalue weighted by Gasteiger charge is -2.28. The maximum absolute atomic E-state index is 6.88. The van der Waals surface area contributed by atoms with E-state index in [-0.39, 0.29) is 5.41 Å². The van der Waals surface area contributed by atoms with E-state index in [0.717, 1.165) is 66.3 Å². The molecule has 0 unspecified atom stereocenters. The Bertz CT molecular complexity index is 3340. The van der Waals surface area contributed by atoms with Gasteiger partial charge in [0.2, 0.25) is 0 Å². The molecule has 0 spiro atoms. The third-order valence-electron chi connectivity index (χ3n) is 11.6. The molecule has 0 aliphatic heterocycles. The van der Waals surface area contributed by atoms with Gasteiger partial charge in [0.15, 0.2) is 0 Å². The van der Waals surface area contributed by atoms with Crippen molar-refractivity contribution in [2.75, 3.05) is 4.90 Å². The van der Waals surface area contributed by atoms with Gasteiger partial charge < -0.3 is 13.7 Å². The van der Waals surface area contributed by atoms with Gasteiger partial charge in [-0.3, -0.25) is 0 Å². The van der Waals surface area contributed by atoms with Gasteiger partial charge >= 0.3 is 0 Å². The van der Waals surface area contributed by atoms with Gasteiger partial charge in [0.25, 0.3) is 0 Å². The fourth-order valence-corrected chi connectivity index (χ4v) is 10.2. The Morgan fingerprint density at radius 2 is 1.11 bits per heavy atom. The van der Waals surface area contributed by atoms with Gasteiger partial charge in [-0.2, -0.15) is 0 Å². The average molecular weight is 698 g/mol. The number of hydrogen-bond donors (Lipinski definition) is 0. The van der Waals surface area contributed by atoms with Crippen LogP contribution in [0.3, 0.4) is 0 Å². The van der Waals surface area contributed by atoms with E-state index in [9.17, 15) is 0 Å². The molecule has 0 N–H and O–H groups in total. The lowest BCUT2D eigenvalue weighted by Crippen LogP contribution is -2.16. The van der Waals surface area contributed by atoms with E-state index in [0.29, 0.717) is 0 Å².